The van der Waals surface area contributed by atoms with Gasteiger partial charge in [-0.15, -0.1) is 0 Å². The summed E-state index contributed by atoms with van der Waals surface area (Å²) in [7, 11) is 0. The largest absolute Gasteiger partial charge is 0.389 e. The first-order valence-electron chi connectivity index (χ1n) is 4.32. The van der Waals surface area contributed by atoms with Gasteiger partial charge in [0.25, 0.3) is 0 Å². The molecule has 1 heterocycles. The Hall–Kier alpha value is -1.44. The second-order valence-corrected chi connectivity index (χ2v) is 3.08. The van der Waals surface area contributed by atoms with E-state index in [0.717, 1.165) is 5.69 Å². The average molecular weight is 192 g/mol. The normalized spacial score (nSPS) is 14.4. The lowest BCUT2D eigenvalue weighted by molar-refractivity contribution is 0.0189. The first kappa shape index (κ1) is 10.6. The van der Waals surface area contributed by atoms with Crippen molar-refractivity contribution in [3.8, 4) is 6.07 Å². The summed E-state index contributed by atoms with van der Waals surface area (Å²) in [6.45, 7) is 1.80. The summed E-state index contributed by atoms with van der Waals surface area (Å²) in [5.41, 5.74) is 1.17. The Morgan fingerprint density at radius 3 is 2.79 bits per heavy atom. The molecule has 0 radical (unpaired) electrons. The fourth-order valence-electron chi connectivity index (χ4n) is 1.13. The molecule has 0 aromatic carbocycles. The molecule has 14 heavy (non-hydrogen) atoms. The molecule has 0 fully saturated rings. The Labute approximate surface area is 82.5 Å². The van der Waals surface area contributed by atoms with Crippen LogP contribution >= 0.6 is 0 Å². The summed E-state index contributed by atoms with van der Waals surface area (Å²) in [5, 5.41) is 27.3. The summed E-state index contributed by atoms with van der Waals surface area (Å²) < 4.78 is 0. The molecule has 0 saturated carbocycles. The Balaban J connectivity index is 2.79. The number of nitriles is 1. The number of hydrogen-bond acceptors (Lipinski definition) is 4. The van der Waals surface area contributed by atoms with Crippen molar-refractivity contribution in [2.75, 3.05) is 0 Å². The van der Waals surface area contributed by atoms with E-state index >= 15 is 0 Å². The summed E-state index contributed by atoms with van der Waals surface area (Å²) in [6.07, 6.45) is -2.26. The molecular weight excluding hydrogens is 180 g/mol. The van der Waals surface area contributed by atoms with Gasteiger partial charge in [0.15, 0.2) is 0 Å². The van der Waals surface area contributed by atoms with Crippen molar-refractivity contribution < 1.29 is 10.2 Å². The van der Waals surface area contributed by atoms with Gasteiger partial charge in [0, 0.05) is 5.69 Å². The molecule has 0 saturated heterocycles. The van der Waals surface area contributed by atoms with E-state index in [-0.39, 0.29) is 6.42 Å². The highest BCUT2D eigenvalue weighted by molar-refractivity contribution is 5.13. The van der Waals surface area contributed by atoms with E-state index in [2.05, 4.69) is 4.98 Å². The summed E-state index contributed by atoms with van der Waals surface area (Å²) in [5.74, 6) is 0. The van der Waals surface area contributed by atoms with Crippen LogP contribution in [0, 0.1) is 18.3 Å². The summed E-state index contributed by atoms with van der Waals surface area (Å²) >= 11 is 0. The van der Waals surface area contributed by atoms with Crippen molar-refractivity contribution in [3.63, 3.8) is 0 Å². The van der Waals surface area contributed by atoms with Crippen LogP contribution in [0.3, 0.4) is 0 Å². The van der Waals surface area contributed by atoms with Crippen LogP contribution in [0.2, 0.25) is 0 Å². The molecule has 0 bridgehead atoms. The van der Waals surface area contributed by atoms with E-state index in [9.17, 15) is 10.2 Å². The van der Waals surface area contributed by atoms with E-state index in [4.69, 9.17) is 5.26 Å². The molecule has 2 N–H and O–H groups in total. The minimum absolute atomic E-state index is 0.100. The van der Waals surface area contributed by atoms with Crippen LogP contribution in [-0.4, -0.2) is 21.3 Å². The predicted octanol–water partition coefficient (Wildman–Crippen LogP) is 0.698. The van der Waals surface area contributed by atoms with Crippen LogP contribution in [0.15, 0.2) is 18.2 Å². The Morgan fingerprint density at radius 1 is 1.50 bits per heavy atom. The van der Waals surface area contributed by atoms with Crippen molar-refractivity contribution in [3.05, 3.63) is 29.6 Å². The molecule has 1 rings (SSSR count). The van der Waals surface area contributed by atoms with Crippen LogP contribution in [0.1, 0.15) is 23.9 Å². The highest BCUT2D eigenvalue weighted by atomic mass is 16.3. The number of aliphatic hydroxyl groups excluding tert-OH is 2. The summed E-state index contributed by atoms with van der Waals surface area (Å²) in [6, 6.07) is 6.97. The zero-order valence-corrected chi connectivity index (χ0v) is 7.88. The van der Waals surface area contributed by atoms with Gasteiger partial charge in [-0.05, 0) is 19.1 Å². The fraction of sp³-hybridized carbons (Fsp3) is 0.400. The van der Waals surface area contributed by atoms with Crippen molar-refractivity contribution in [1.82, 2.24) is 4.98 Å². The monoisotopic (exact) mass is 192 g/mol. The van der Waals surface area contributed by atoms with Gasteiger partial charge in [-0.25, -0.2) is 0 Å². The molecular formula is C10H12N2O2. The number of rotatable bonds is 3. The zero-order valence-electron chi connectivity index (χ0n) is 7.88. The van der Waals surface area contributed by atoms with Crippen LogP contribution in [0.5, 0.6) is 0 Å². The Bertz CT molecular complexity index is 346. The quantitative estimate of drug-likeness (QED) is 0.739. The highest BCUT2D eigenvalue weighted by Crippen LogP contribution is 2.16. The third-order valence-corrected chi connectivity index (χ3v) is 1.88. The molecule has 1 aromatic rings. The van der Waals surface area contributed by atoms with Gasteiger partial charge in [-0.2, -0.15) is 5.26 Å². The molecule has 74 valence electrons. The van der Waals surface area contributed by atoms with Crippen molar-refractivity contribution in [1.29, 1.82) is 5.26 Å². The van der Waals surface area contributed by atoms with Crippen LogP contribution in [-0.2, 0) is 0 Å². The summed E-state index contributed by atoms with van der Waals surface area (Å²) in [4.78, 5) is 4.06. The third kappa shape index (κ3) is 2.52. The van der Waals surface area contributed by atoms with Gasteiger partial charge in [-0.1, -0.05) is 6.07 Å². The standard InChI is InChI=1S/C10H12N2O2/c1-7-3-2-4-8(12-7)10(14)9(13)5-6-11/h2-4,9-10,13-14H,5H2,1H3. The Morgan fingerprint density at radius 2 is 2.21 bits per heavy atom. The van der Waals surface area contributed by atoms with Gasteiger partial charge in [0.2, 0.25) is 0 Å². The zero-order chi connectivity index (χ0) is 10.6. The maximum atomic E-state index is 9.58. The molecule has 0 aliphatic carbocycles. The lowest BCUT2D eigenvalue weighted by Gasteiger charge is -2.14. The van der Waals surface area contributed by atoms with Gasteiger partial charge in [-0.3, -0.25) is 4.98 Å². The second-order valence-electron chi connectivity index (χ2n) is 3.08. The van der Waals surface area contributed by atoms with Gasteiger partial charge < -0.3 is 10.2 Å². The number of aromatic nitrogens is 1. The average Bonchev–Trinajstić information content (AvgIpc) is 2.17. The molecule has 0 amide bonds. The molecule has 0 spiro atoms. The molecule has 4 heteroatoms. The number of pyridine rings is 1. The lowest BCUT2D eigenvalue weighted by Crippen LogP contribution is -2.18. The Kier molecular flexibility index (Phi) is 3.57. The minimum Gasteiger partial charge on any atom is -0.389 e. The molecule has 0 aliphatic rings. The van der Waals surface area contributed by atoms with E-state index in [1.54, 1.807) is 31.2 Å². The molecule has 2 atom stereocenters. The smallest absolute Gasteiger partial charge is 0.123 e. The minimum atomic E-state index is -1.09. The van der Waals surface area contributed by atoms with E-state index in [1.807, 2.05) is 0 Å². The van der Waals surface area contributed by atoms with Crippen molar-refractivity contribution in [2.45, 2.75) is 25.6 Å². The van der Waals surface area contributed by atoms with Crippen LogP contribution < -0.4 is 0 Å². The van der Waals surface area contributed by atoms with Crippen LogP contribution in [0.4, 0.5) is 0 Å². The molecule has 4 nitrogen and oxygen atoms in total. The lowest BCUT2D eigenvalue weighted by atomic mass is 10.1. The topological polar surface area (TPSA) is 77.1 Å². The first-order chi connectivity index (χ1) is 6.65. The maximum absolute atomic E-state index is 9.58. The highest BCUT2D eigenvalue weighted by Gasteiger charge is 2.18. The van der Waals surface area contributed by atoms with Gasteiger partial charge in [0.1, 0.15) is 6.10 Å². The van der Waals surface area contributed by atoms with Crippen molar-refractivity contribution >= 4 is 0 Å². The van der Waals surface area contributed by atoms with E-state index in [0.29, 0.717) is 5.69 Å². The first-order valence-corrected chi connectivity index (χ1v) is 4.32. The van der Waals surface area contributed by atoms with Gasteiger partial charge in [0.05, 0.1) is 24.3 Å². The second kappa shape index (κ2) is 4.70. The SMILES string of the molecule is Cc1cccc(C(O)C(O)CC#N)n1. The predicted molar refractivity (Wildman–Crippen MR) is 50.2 cm³/mol. The molecule has 2 unspecified atom stereocenters. The van der Waals surface area contributed by atoms with E-state index in [1.165, 1.54) is 0 Å². The van der Waals surface area contributed by atoms with Crippen LogP contribution in [0.25, 0.3) is 0 Å². The number of hydrogen-bond donors (Lipinski definition) is 2. The molecule has 1 aromatic heterocycles. The van der Waals surface area contributed by atoms with Gasteiger partial charge >= 0.3 is 0 Å². The maximum Gasteiger partial charge on any atom is 0.123 e. The third-order valence-electron chi connectivity index (χ3n) is 1.88. The number of aryl methyl sites for hydroxylation is 1. The van der Waals surface area contributed by atoms with Crippen molar-refractivity contribution in [2.24, 2.45) is 0 Å². The number of nitrogens with zero attached hydrogens (tertiary/aromatic N) is 2. The number of aliphatic hydroxyl groups is 2. The molecule has 0 aliphatic heterocycles. The van der Waals surface area contributed by atoms with E-state index < -0.39 is 12.2 Å². The fourth-order valence-corrected chi connectivity index (χ4v) is 1.13.